The lowest BCUT2D eigenvalue weighted by atomic mass is 10.3. The van der Waals surface area contributed by atoms with Gasteiger partial charge in [-0.2, -0.15) is 0 Å². The van der Waals surface area contributed by atoms with Crippen molar-refractivity contribution in [3.05, 3.63) is 41.7 Å². The summed E-state index contributed by atoms with van der Waals surface area (Å²) in [6.07, 6.45) is 0.806. The van der Waals surface area contributed by atoms with E-state index in [0.29, 0.717) is 15.7 Å². The number of urea groups is 2. The molecule has 0 saturated heterocycles. The van der Waals surface area contributed by atoms with Crippen LogP contribution in [-0.2, 0) is 20.0 Å². The van der Waals surface area contributed by atoms with Crippen molar-refractivity contribution in [2.45, 2.75) is 18.7 Å². The molecule has 0 atom stereocenters. The summed E-state index contributed by atoms with van der Waals surface area (Å²) in [6, 6.07) is 4.60. The molecule has 0 spiro atoms. The minimum absolute atomic E-state index is 0.0670. The van der Waals surface area contributed by atoms with E-state index >= 15 is 0 Å². The second-order valence-electron chi connectivity index (χ2n) is 6.22. The predicted octanol–water partition coefficient (Wildman–Crippen LogP) is 1.03. The Bertz CT molecular complexity index is 1160. The molecule has 12 nitrogen and oxygen atoms in total. The van der Waals surface area contributed by atoms with Crippen LogP contribution in [-0.4, -0.2) is 56.5 Å². The van der Waals surface area contributed by atoms with Crippen LogP contribution in [0.2, 0.25) is 0 Å². The Balaban J connectivity index is 2.06. The van der Waals surface area contributed by atoms with E-state index in [1.165, 1.54) is 24.3 Å². The van der Waals surface area contributed by atoms with Crippen molar-refractivity contribution in [1.29, 1.82) is 0 Å². The highest BCUT2D eigenvalue weighted by Gasteiger charge is 2.20. The van der Waals surface area contributed by atoms with Crippen molar-refractivity contribution in [3.63, 3.8) is 0 Å². The first-order chi connectivity index (χ1) is 13.8. The molecule has 3 N–H and O–H groups in total. The number of anilines is 2. The van der Waals surface area contributed by atoms with E-state index in [1.807, 2.05) is 5.32 Å². The molecular weight excluding hydrogens is 436 g/mol. The lowest BCUT2D eigenvalue weighted by Gasteiger charge is -2.15. The van der Waals surface area contributed by atoms with Crippen LogP contribution in [0, 0.1) is 13.8 Å². The molecule has 0 saturated carbocycles. The van der Waals surface area contributed by atoms with E-state index in [2.05, 4.69) is 20.0 Å². The number of nitrogens with zero attached hydrogens (tertiary/aromatic N) is 3. The van der Waals surface area contributed by atoms with Gasteiger partial charge in [-0.3, -0.25) is 5.32 Å². The van der Waals surface area contributed by atoms with Gasteiger partial charge in [0.05, 0.1) is 11.2 Å². The maximum absolute atomic E-state index is 12.5. The second-order valence-corrected chi connectivity index (χ2v) is 9.92. The molecule has 0 fully saturated rings. The zero-order valence-electron chi connectivity index (χ0n) is 16.5. The van der Waals surface area contributed by atoms with Crippen molar-refractivity contribution in [2.24, 2.45) is 0 Å². The van der Waals surface area contributed by atoms with Gasteiger partial charge in [0.2, 0.25) is 16.0 Å². The molecule has 0 radical (unpaired) electrons. The first-order valence-electron chi connectivity index (χ1n) is 8.29. The number of carbonyl (C=O) groups is 2. The summed E-state index contributed by atoms with van der Waals surface area (Å²) in [5, 5.41) is 4.12. The van der Waals surface area contributed by atoms with Gasteiger partial charge < -0.3 is 5.32 Å². The Morgan fingerprint density at radius 3 is 2.00 bits per heavy atom. The highest BCUT2D eigenvalue weighted by Crippen LogP contribution is 2.17. The third-order valence-corrected chi connectivity index (χ3v) is 6.14. The van der Waals surface area contributed by atoms with Crippen LogP contribution in [0.4, 0.5) is 21.2 Å². The van der Waals surface area contributed by atoms with E-state index in [9.17, 15) is 26.4 Å². The first-order valence-corrected chi connectivity index (χ1v) is 11.6. The van der Waals surface area contributed by atoms with Gasteiger partial charge in [-0.05, 0) is 44.2 Å². The minimum atomic E-state index is -3.97. The molecule has 1 heterocycles. The van der Waals surface area contributed by atoms with E-state index < -0.39 is 32.1 Å². The van der Waals surface area contributed by atoms with Crippen molar-refractivity contribution in [2.75, 3.05) is 23.3 Å². The predicted molar refractivity (Wildman–Crippen MR) is 109 cm³/mol. The van der Waals surface area contributed by atoms with Crippen molar-refractivity contribution in [1.82, 2.24) is 19.6 Å². The van der Waals surface area contributed by atoms with E-state index in [4.69, 9.17) is 0 Å². The summed E-state index contributed by atoms with van der Waals surface area (Å²) in [4.78, 5) is 31.4. The fourth-order valence-electron chi connectivity index (χ4n) is 2.16. The molecule has 14 heteroatoms. The summed E-state index contributed by atoms with van der Waals surface area (Å²) < 4.78 is 50.1. The molecule has 0 aliphatic heterocycles. The number of hydrogen-bond donors (Lipinski definition) is 3. The fourth-order valence-corrected chi connectivity index (χ4v) is 3.45. The fraction of sp³-hybridized carbons (Fsp3) is 0.250. The zero-order valence-corrected chi connectivity index (χ0v) is 18.1. The molecule has 162 valence electrons. The molecule has 1 aromatic carbocycles. The number of amides is 4. The van der Waals surface area contributed by atoms with Crippen molar-refractivity contribution >= 4 is 43.7 Å². The summed E-state index contributed by atoms with van der Waals surface area (Å²) in [5.74, 6) is -0.0670. The summed E-state index contributed by atoms with van der Waals surface area (Å²) >= 11 is 0. The van der Waals surface area contributed by atoms with Gasteiger partial charge in [-0.15, -0.1) is 0 Å². The Kier molecular flexibility index (Phi) is 6.62. The van der Waals surface area contributed by atoms with Crippen LogP contribution in [0.5, 0.6) is 0 Å². The molecular formula is C16H20N6O6S2. The van der Waals surface area contributed by atoms with E-state index in [0.717, 1.165) is 13.3 Å². The topological polar surface area (TPSA) is 168 Å². The van der Waals surface area contributed by atoms with Crippen LogP contribution in [0.25, 0.3) is 0 Å². The average molecular weight is 457 g/mol. The number of sulfonamides is 2. The summed E-state index contributed by atoms with van der Waals surface area (Å²) in [6.45, 7) is 3.41. The largest absolute Gasteiger partial charge is 0.338 e. The second kappa shape index (κ2) is 8.62. The highest BCUT2D eigenvalue weighted by molar-refractivity contribution is 7.92. The average Bonchev–Trinajstić information content (AvgIpc) is 2.59. The number of aryl methyl sites for hydroxylation is 2. The lowest BCUT2D eigenvalue weighted by Crippen LogP contribution is -2.44. The van der Waals surface area contributed by atoms with Gasteiger partial charge in [0.25, 0.3) is 10.0 Å². The molecule has 0 aliphatic rings. The quantitative estimate of drug-likeness (QED) is 0.599. The smallest absolute Gasteiger partial charge is 0.308 e. The monoisotopic (exact) mass is 456 g/mol. The third-order valence-electron chi connectivity index (χ3n) is 3.63. The Morgan fingerprint density at radius 2 is 1.50 bits per heavy atom. The standard InChI is InChI=1S/C16H20N6O6S2/c1-10-9-11(2)18-14(17-10)21-30(27,28)13-7-5-12(6-8-13)19-15(23)20-16(24)22(3)29(4,25)26/h5-9H,1-4H3,(H,17,18,21)(H2,19,20,23,24). The molecule has 4 amide bonds. The number of rotatable bonds is 5. The number of hydrogen-bond acceptors (Lipinski definition) is 8. The number of imide groups is 1. The Hall–Kier alpha value is -3.26. The number of benzene rings is 1. The van der Waals surface area contributed by atoms with Gasteiger partial charge in [-0.1, -0.05) is 0 Å². The van der Waals surface area contributed by atoms with Gasteiger partial charge in [-0.25, -0.2) is 45.4 Å². The van der Waals surface area contributed by atoms with Gasteiger partial charge in [0.1, 0.15) is 0 Å². The van der Waals surface area contributed by atoms with Crippen LogP contribution in [0.15, 0.2) is 35.2 Å². The van der Waals surface area contributed by atoms with Crippen LogP contribution < -0.4 is 15.4 Å². The maximum Gasteiger partial charge on any atom is 0.338 e. The van der Waals surface area contributed by atoms with Crippen molar-refractivity contribution in [3.8, 4) is 0 Å². The lowest BCUT2D eigenvalue weighted by molar-refractivity contribution is 0.223. The van der Waals surface area contributed by atoms with Crippen molar-refractivity contribution < 1.29 is 26.4 Å². The van der Waals surface area contributed by atoms with E-state index in [-0.39, 0.29) is 16.5 Å². The number of carbonyl (C=O) groups excluding carboxylic acids is 2. The Labute approximate surface area is 173 Å². The third kappa shape index (κ3) is 6.12. The van der Waals surface area contributed by atoms with Gasteiger partial charge in [0, 0.05) is 24.1 Å². The van der Waals surface area contributed by atoms with Gasteiger partial charge in [0.15, 0.2) is 0 Å². The number of nitrogens with one attached hydrogen (secondary N) is 3. The van der Waals surface area contributed by atoms with Crippen LogP contribution >= 0.6 is 0 Å². The Morgan fingerprint density at radius 1 is 0.967 bits per heavy atom. The molecule has 2 aromatic rings. The molecule has 30 heavy (non-hydrogen) atoms. The molecule has 0 unspecified atom stereocenters. The SMILES string of the molecule is Cc1cc(C)nc(NS(=O)(=O)c2ccc(NC(=O)NC(=O)N(C)S(C)(=O)=O)cc2)n1. The molecule has 0 aliphatic carbocycles. The highest BCUT2D eigenvalue weighted by atomic mass is 32.2. The molecule has 0 bridgehead atoms. The molecule has 2 rings (SSSR count). The molecule has 1 aromatic heterocycles. The zero-order chi connectivity index (χ0) is 22.7. The van der Waals surface area contributed by atoms with Gasteiger partial charge >= 0.3 is 12.1 Å². The summed E-state index contributed by atoms with van der Waals surface area (Å²) in [7, 11) is -6.80. The maximum atomic E-state index is 12.5. The normalized spacial score (nSPS) is 11.5. The minimum Gasteiger partial charge on any atom is -0.308 e. The summed E-state index contributed by atoms with van der Waals surface area (Å²) in [5.41, 5.74) is 1.37. The first kappa shape index (κ1) is 23.0. The van der Waals surface area contributed by atoms with Crippen LogP contribution in [0.1, 0.15) is 11.4 Å². The van der Waals surface area contributed by atoms with E-state index in [1.54, 1.807) is 19.9 Å². The van der Waals surface area contributed by atoms with Crippen LogP contribution in [0.3, 0.4) is 0 Å². The number of aromatic nitrogens is 2.